The van der Waals surface area contributed by atoms with E-state index in [1.807, 2.05) is 18.2 Å². The fourth-order valence-electron chi connectivity index (χ4n) is 2.54. The first kappa shape index (κ1) is 17.3. The minimum atomic E-state index is 0.167. The van der Waals surface area contributed by atoms with Crippen molar-refractivity contribution in [3.8, 4) is 0 Å². The van der Waals surface area contributed by atoms with Crippen LogP contribution in [0.2, 0.25) is 10.0 Å². The Hall–Kier alpha value is -1.02. The van der Waals surface area contributed by atoms with Gasteiger partial charge in [0, 0.05) is 5.92 Å². The number of hydrogen-bond acceptors (Lipinski definition) is 1. The molecule has 118 valence electrons. The molecule has 0 aromatic heterocycles. The lowest BCUT2D eigenvalue weighted by Crippen LogP contribution is -2.16. The van der Waals surface area contributed by atoms with E-state index in [0.717, 1.165) is 12.0 Å². The van der Waals surface area contributed by atoms with Crippen molar-refractivity contribution >= 4 is 23.2 Å². The summed E-state index contributed by atoms with van der Waals surface area (Å²) in [4.78, 5) is 0. The smallest absolute Gasteiger partial charge is 0.0595 e. The van der Waals surface area contributed by atoms with Crippen molar-refractivity contribution in [1.29, 1.82) is 0 Å². The molecule has 0 radical (unpaired) electrons. The minimum Gasteiger partial charge on any atom is -0.330 e. The molecular weight excluding hydrogens is 313 g/mol. The summed E-state index contributed by atoms with van der Waals surface area (Å²) in [6.45, 7) is 7.27. The molecule has 2 rings (SSSR count). The van der Waals surface area contributed by atoms with Crippen molar-refractivity contribution in [2.75, 3.05) is 6.54 Å². The zero-order valence-corrected chi connectivity index (χ0v) is 14.9. The Labute approximate surface area is 143 Å². The van der Waals surface area contributed by atoms with E-state index in [0.29, 0.717) is 16.6 Å². The average Bonchev–Trinajstić information content (AvgIpc) is 2.47. The van der Waals surface area contributed by atoms with Crippen molar-refractivity contribution in [1.82, 2.24) is 0 Å². The van der Waals surface area contributed by atoms with Crippen LogP contribution in [0, 0.1) is 0 Å². The Morgan fingerprint density at radius 2 is 1.59 bits per heavy atom. The van der Waals surface area contributed by atoms with E-state index in [4.69, 9.17) is 28.9 Å². The van der Waals surface area contributed by atoms with Crippen LogP contribution in [0.1, 0.15) is 43.4 Å². The molecule has 0 amide bonds. The van der Waals surface area contributed by atoms with Gasteiger partial charge in [-0.25, -0.2) is 0 Å². The minimum absolute atomic E-state index is 0.167. The monoisotopic (exact) mass is 335 g/mol. The highest BCUT2D eigenvalue weighted by molar-refractivity contribution is 6.42. The standard InChI is InChI=1S/C19H23Cl2N/c1-19(2,3)16-7-5-14(6-8-16)15(12-22)10-13-4-9-17(20)18(21)11-13/h4-9,11,15H,10,12,22H2,1-3H3. The third kappa shape index (κ3) is 4.25. The van der Waals surface area contributed by atoms with E-state index < -0.39 is 0 Å². The molecule has 0 saturated carbocycles. The van der Waals surface area contributed by atoms with Gasteiger partial charge in [0.2, 0.25) is 0 Å². The summed E-state index contributed by atoms with van der Waals surface area (Å²) in [5, 5.41) is 1.18. The maximum absolute atomic E-state index is 6.09. The second kappa shape index (κ2) is 7.04. The Morgan fingerprint density at radius 3 is 2.09 bits per heavy atom. The van der Waals surface area contributed by atoms with Crippen LogP contribution in [0.25, 0.3) is 0 Å². The van der Waals surface area contributed by atoms with Gasteiger partial charge in [-0.15, -0.1) is 0 Å². The summed E-state index contributed by atoms with van der Waals surface area (Å²) in [6.07, 6.45) is 0.863. The third-order valence-electron chi connectivity index (χ3n) is 4.00. The third-order valence-corrected chi connectivity index (χ3v) is 4.74. The lowest BCUT2D eigenvalue weighted by atomic mass is 9.84. The summed E-state index contributed by atoms with van der Waals surface area (Å²) in [6, 6.07) is 14.6. The first-order valence-corrected chi connectivity index (χ1v) is 8.31. The zero-order chi connectivity index (χ0) is 16.3. The summed E-state index contributed by atoms with van der Waals surface area (Å²) < 4.78 is 0. The predicted molar refractivity (Wildman–Crippen MR) is 97.1 cm³/mol. The predicted octanol–water partition coefficient (Wildman–Crippen LogP) is 5.58. The van der Waals surface area contributed by atoms with Gasteiger partial charge in [-0.1, -0.05) is 74.3 Å². The first-order valence-electron chi connectivity index (χ1n) is 7.55. The second-order valence-electron chi connectivity index (χ2n) is 6.76. The largest absolute Gasteiger partial charge is 0.330 e. The molecule has 0 saturated heterocycles. The second-order valence-corrected chi connectivity index (χ2v) is 7.57. The number of hydrogen-bond donors (Lipinski definition) is 1. The highest BCUT2D eigenvalue weighted by Crippen LogP contribution is 2.28. The van der Waals surface area contributed by atoms with E-state index in [9.17, 15) is 0 Å². The van der Waals surface area contributed by atoms with Crippen molar-refractivity contribution in [2.24, 2.45) is 5.73 Å². The molecule has 2 aromatic rings. The molecule has 2 aromatic carbocycles. The number of halogens is 2. The molecule has 2 N–H and O–H groups in total. The maximum atomic E-state index is 6.09. The summed E-state index contributed by atoms with van der Waals surface area (Å²) in [7, 11) is 0. The molecule has 1 unspecified atom stereocenters. The Kier molecular flexibility index (Phi) is 5.55. The van der Waals surface area contributed by atoms with E-state index in [1.165, 1.54) is 11.1 Å². The molecule has 0 heterocycles. The fourth-order valence-corrected chi connectivity index (χ4v) is 2.86. The normalized spacial score (nSPS) is 13.2. The Bertz CT molecular complexity index is 627. The lowest BCUT2D eigenvalue weighted by Gasteiger charge is -2.21. The maximum Gasteiger partial charge on any atom is 0.0595 e. The number of benzene rings is 2. The van der Waals surface area contributed by atoms with Gasteiger partial charge in [0.1, 0.15) is 0 Å². The van der Waals surface area contributed by atoms with Crippen LogP contribution in [0.4, 0.5) is 0 Å². The SMILES string of the molecule is CC(C)(C)c1ccc(C(CN)Cc2ccc(Cl)c(Cl)c2)cc1. The van der Waals surface area contributed by atoms with Crippen molar-refractivity contribution in [3.05, 3.63) is 69.2 Å². The van der Waals surface area contributed by atoms with Crippen LogP contribution >= 0.6 is 23.2 Å². The van der Waals surface area contributed by atoms with Crippen LogP contribution in [0.15, 0.2) is 42.5 Å². The van der Waals surface area contributed by atoms with Gasteiger partial charge in [0.05, 0.1) is 10.0 Å². The van der Waals surface area contributed by atoms with Crippen molar-refractivity contribution < 1.29 is 0 Å². The van der Waals surface area contributed by atoms with Gasteiger partial charge in [0.15, 0.2) is 0 Å². The van der Waals surface area contributed by atoms with Gasteiger partial charge in [-0.2, -0.15) is 0 Å². The molecular formula is C19H23Cl2N. The Morgan fingerprint density at radius 1 is 0.955 bits per heavy atom. The molecule has 0 aliphatic rings. The van der Waals surface area contributed by atoms with E-state index in [-0.39, 0.29) is 11.3 Å². The van der Waals surface area contributed by atoms with Gasteiger partial charge < -0.3 is 5.73 Å². The topological polar surface area (TPSA) is 26.0 Å². The molecule has 22 heavy (non-hydrogen) atoms. The molecule has 0 aliphatic carbocycles. The van der Waals surface area contributed by atoms with Crippen LogP contribution in [0.3, 0.4) is 0 Å². The Balaban J connectivity index is 2.19. The highest BCUT2D eigenvalue weighted by Gasteiger charge is 2.16. The highest BCUT2D eigenvalue weighted by atomic mass is 35.5. The quantitative estimate of drug-likeness (QED) is 0.775. The molecule has 1 nitrogen and oxygen atoms in total. The molecule has 0 spiro atoms. The zero-order valence-electron chi connectivity index (χ0n) is 13.4. The van der Waals surface area contributed by atoms with Gasteiger partial charge in [-0.05, 0) is 47.2 Å². The molecule has 3 heteroatoms. The van der Waals surface area contributed by atoms with Gasteiger partial charge >= 0.3 is 0 Å². The average molecular weight is 336 g/mol. The van der Waals surface area contributed by atoms with Crippen LogP contribution in [-0.2, 0) is 11.8 Å². The summed E-state index contributed by atoms with van der Waals surface area (Å²) >= 11 is 12.1. The lowest BCUT2D eigenvalue weighted by molar-refractivity contribution is 0.589. The van der Waals surface area contributed by atoms with E-state index >= 15 is 0 Å². The van der Waals surface area contributed by atoms with E-state index in [1.54, 1.807) is 0 Å². The number of nitrogens with two attached hydrogens (primary N) is 1. The molecule has 1 atom stereocenters. The van der Waals surface area contributed by atoms with Crippen LogP contribution in [0.5, 0.6) is 0 Å². The van der Waals surface area contributed by atoms with Crippen LogP contribution < -0.4 is 5.73 Å². The van der Waals surface area contributed by atoms with Crippen LogP contribution in [-0.4, -0.2) is 6.54 Å². The number of rotatable bonds is 4. The van der Waals surface area contributed by atoms with Crippen molar-refractivity contribution in [2.45, 2.75) is 38.5 Å². The summed E-state index contributed by atoms with van der Waals surface area (Å²) in [5.74, 6) is 0.284. The van der Waals surface area contributed by atoms with E-state index in [2.05, 4.69) is 45.0 Å². The van der Waals surface area contributed by atoms with Gasteiger partial charge in [-0.3, -0.25) is 0 Å². The first-order chi connectivity index (χ1) is 10.3. The molecule has 0 bridgehead atoms. The fraction of sp³-hybridized carbons (Fsp3) is 0.368. The van der Waals surface area contributed by atoms with Gasteiger partial charge in [0.25, 0.3) is 0 Å². The molecule has 0 aliphatic heterocycles. The van der Waals surface area contributed by atoms with Crippen molar-refractivity contribution in [3.63, 3.8) is 0 Å². The molecule has 0 fully saturated rings. The summed E-state index contributed by atoms with van der Waals surface area (Å²) in [5.41, 5.74) is 9.91.